The largest absolute Gasteiger partial charge is 0.480 e. The van der Waals surface area contributed by atoms with Gasteiger partial charge in [-0.3, -0.25) is 14.4 Å². The topological polar surface area (TPSA) is 91.7 Å². The van der Waals surface area contributed by atoms with Gasteiger partial charge in [0.1, 0.15) is 12.6 Å². The van der Waals surface area contributed by atoms with E-state index in [4.69, 9.17) is 5.11 Å². The Hall–Kier alpha value is -1.27. The first-order chi connectivity index (χ1) is 7.12. The molecule has 0 heterocycles. The summed E-state index contributed by atoms with van der Waals surface area (Å²) in [5.41, 5.74) is -2.22. The highest BCUT2D eigenvalue weighted by Crippen LogP contribution is 2.38. The summed E-state index contributed by atoms with van der Waals surface area (Å²) in [6.07, 6.45) is -1.86. The van der Waals surface area contributed by atoms with Gasteiger partial charge in [0.05, 0.1) is 27.6 Å². The lowest BCUT2D eigenvalue weighted by Gasteiger charge is -2.39. The molecule has 0 spiro atoms. The Balaban J connectivity index is 3.01. The fourth-order valence-electron chi connectivity index (χ4n) is 1.88. The molecule has 0 aromatic rings. The van der Waals surface area contributed by atoms with Crippen molar-refractivity contribution in [3.05, 3.63) is 0 Å². The summed E-state index contributed by atoms with van der Waals surface area (Å²) in [7, 11) is 5.23. The third kappa shape index (κ3) is 1.74. The Kier molecular flexibility index (Phi) is 2.91. The van der Waals surface area contributed by atoms with Crippen LogP contribution in [0.2, 0.25) is 0 Å². The molecule has 1 atom stereocenters. The van der Waals surface area contributed by atoms with E-state index in [9.17, 15) is 19.5 Å². The lowest BCUT2D eigenvalue weighted by molar-refractivity contribution is -0.874. The molecule has 16 heavy (non-hydrogen) atoms. The van der Waals surface area contributed by atoms with E-state index in [-0.39, 0.29) is 17.4 Å². The number of carboxylic acids is 1. The van der Waals surface area contributed by atoms with Crippen LogP contribution in [0.4, 0.5) is 0 Å². The molecule has 1 rings (SSSR count). The zero-order valence-electron chi connectivity index (χ0n) is 9.56. The van der Waals surface area contributed by atoms with E-state index in [0.717, 1.165) is 0 Å². The lowest BCUT2D eigenvalue weighted by atomic mass is 9.62. The summed E-state index contributed by atoms with van der Waals surface area (Å²) in [5.74, 6) is -2.95. The van der Waals surface area contributed by atoms with E-state index in [1.54, 1.807) is 21.1 Å². The molecule has 90 valence electrons. The van der Waals surface area contributed by atoms with Gasteiger partial charge in [-0.2, -0.15) is 0 Å². The Bertz CT molecular complexity index is 327. The molecule has 6 heteroatoms. The van der Waals surface area contributed by atoms with Crippen LogP contribution in [0.1, 0.15) is 6.42 Å². The minimum atomic E-state index is -2.22. The average Bonchev–Trinajstić information content (AvgIpc) is 1.98. The van der Waals surface area contributed by atoms with Gasteiger partial charge in [0.15, 0.2) is 11.6 Å². The molecule has 1 fully saturated rings. The second kappa shape index (κ2) is 3.64. The summed E-state index contributed by atoms with van der Waals surface area (Å²) in [4.78, 5) is 33.8. The first-order valence-electron chi connectivity index (χ1n) is 4.91. The zero-order chi connectivity index (χ0) is 12.7. The maximum atomic E-state index is 11.4. The summed E-state index contributed by atoms with van der Waals surface area (Å²) in [5, 5.41) is 18.8. The Morgan fingerprint density at radius 2 is 1.81 bits per heavy atom. The van der Waals surface area contributed by atoms with Crippen molar-refractivity contribution in [3.63, 3.8) is 0 Å². The van der Waals surface area contributed by atoms with E-state index >= 15 is 0 Å². The number of aliphatic hydroxyl groups is 1. The molecule has 1 aliphatic carbocycles. The molecular weight excluding hydrogens is 214 g/mol. The van der Waals surface area contributed by atoms with Gasteiger partial charge in [-0.05, 0) is 0 Å². The van der Waals surface area contributed by atoms with Crippen LogP contribution in [-0.2, 0) is 14.4 Å². The normalized spacial score (nSPS) is 21.5. The molecule has 0 bridgehead atoms. The van der Waals surface area contributed by atoms with Gasteiger partial charge in [0, 0.05) is 0 Å². The van der Waals surface area contributed by atoms with Crippen LogP contribution in [0, 0.1) is 5.41 Å². The number of hydrogen-bond donors (Lipinski definition) is 2. The van der Waals surface area contributed by atoms with Crippen molar-refractivity contribution in [1.82, 2.24) is 0 Å². The van der Waals surface area contributed by atoms with Gasteiger partial charge < -0.3 is 14.7 Å². The van der Waals surface area contributed by atoms with Gasteiger partial charge in [0.2, 0.25) is 5.41 Å². The summed E-state index contributed by atoms with van der Waals surface area (Å²) >= 11 is 0. The van der Waals surface area contributed by atoms with Gasteiger partial charge in [-0.15, -0.1) is 0 Å². The first-order valence-corrected chi connectivity index (χ1v) is 4.91. The summed E-state index contributed by atoms with van der Waals surface area (Å²) in [6.45, 7) is 0.0315. The number of quaternary nitrogens is 1. The predicted molar refractivity (Wildman–Crippen MR) is 53.6 cm³/mol. The van der Waals surface area contributed by atoms with E-state index in [2.05, 4.69) is 0 Å². The molecule has 0 saturated heterocycles. The quantitative estimate of drug-likeness (QED) is 0.461. The molecular formula is C10H16NO5+. The Morgan fingerprint density at radius 1 is 1.38 bits per heavy atom. The van der Waals surface area contributed by atoms with Crippen LogP contribution in [-0.4, -0.2) is 66.0 Å². The number of aliphatic carboxylic acids is 1. The van der Waals surface area contributed by atoms with Crippen molar-refractivity contribution in [3.8, 4) is 0 Å². The standard InChI is InChI=1S/C10H15NO5/c1-11(2,3)5-8(14)10(9(15)16)6(12)4-7(10)13/h8,14H,4-5H2,1-3H3/p+1. The average molecular weight is 230 g/mol. The number of likely N-dealkylation sites (N-methyl/N-ethyl adjacent to an activating group) is 1. The Morgan fingerprint density at radius 3 is 2.06 bits per heavy atom. The number of ketones is 2. The minimum Gasteiger partial charge on any atom is -0.480 e. The van der Waals surface area contributed by atoms with Crippen molar-refractivity contribution in [1.29, 1.82) is 0 Å². The maximum absolute atomic E-state index is 11.4. The van der Waals surface area contributed by atoms with E-state index in [1.807, 2.05) is 0 Å². The maximum Gasteiger partial charge on any atom is 0.327 e. The van der Waals surface area contributed by atoms with E-state index < -0.39 is 29.1 Å². The molecule has 2 N–H and O–H groups in total. The van der Waals surface area contributed by atoms with Crippen LogP contribution in [0.5, 0.6) is 0 Å². The van der Waals surface area contributed by atoms with Crippen molar-refractivity contribution < 1.29 is 29.1 Å². The van der Waals surface area contributed by atoms with Gasteiger partial charge >= 0.3 is 5.97 Å². The molecule has 0 aromatic heterocycles. The van der Waals surface area contributed by atoms with Crippen molar-refractivity contribution >= 4 is 17.5 Å². The van der Waals surface area contributed by atoms with Gasteiger partial charge in [-0.25, -0.2) is 0 Å². The number of carbonyl (C=O) groups excluding carboxylic acids is 2. The highest BCUT2D eigenvalue weighted by molar-refractivity contribution is 6.36. The van der Waals surface area contributed by atoms with Crippen LogP contribution in [0.3, 0.4) is 0 Å². The fraction of sp³-hybridized carbons (Fsp3) is 0.700. The second-order valence-electron chi connectivity index (χ2n) is 5.12. The van der Waals surface area contributed by atoms with Gasteiger partial charge in [-0.1, -0.05) is 0 Å². The third-order valence-electron chi connectivity index (χ3n) is 2.76. The van der Waals surface area contributed by atoms with Crippen LogP contribution < -0.4 is 0 Å². The third-order valence-corrected chi connectivity index (χ3v) is 2.76. The predicted octanol–water partition coefficient (Wildman–Crippen LogP) is -1.33. The van der Waals surface area contributed by atoms with Crippen molar-refractivity contribution in [2.75, 3.05) is 27.7 Å². The van der Waals surface area contributed by atoms with Gasteiger partial charge in [0.25, 0.3) is 0 Å². The van der Waals surface area contributed by atoms with Crippen LogP contribution >= 0.6 is 0 Å². The molecule has 0 radical (unpaired) electrons. The minimum absolute atomic E-state index is 0.0315. The smallest absolute Gasteiger partial charge is 0.327 e. The molecule has 1 saturated carbocycles. The van der Waals surface area contributed by atoms with E-state index in [0.29, 0.717) is 0 Å². The zero-order valence-corrected chi connectivity index (χ0v) is 9.56. The second-order valence-corrected chi connectivity index (χ2v) is 5.12. The number of aliphatic hydroxyl groups excluding tert-OH is 1. The highest BCUT2D eigenvalue weighted by atomic mass is 16.4. The molecule has 6 nitrogen and oxygen atoms in total. The first kappa shape index (κ1) is 12.8. The number of Topliss-reactive ketones (excluding diaryl/α,β-unsaturated/α-hetero) is 2. The molecule has 0 amide bonds. The SMILES string of the molecule is C[N+](C)(C)CC(O)C1(C(=O)O)C(=O)CC1=O. The number of hydrogen-bond acceptors (Lipinski definition) is 4. The molecule has 1 aliphatic rings. The number of rotatable bonds is 4. The van der Waals surface area contributed by atoms with Crippen LogP contribution in [0.15, 0.2) is 0 Å². The number of nitrogens with zero attached hydrogens (tertiary/aromatic N) is 1. The summed E-state index contributed by atoms with van der Waals surface area (Å²) in [6, 6.07) is 0. The summed E-state index contributed by atoms with van der Waals surface area (Å²) < 4.78 is 0.275. The van der Waals surface area contributed by atoms with E-state index in [1.165, 1.54) is 0 Å². The van der Waals surface area contributed by atoms with Crippen molar-refractivity contribution in [2.45, 2.75) is 12.5 Å². The Labute approximate surface area is 93.1 Å². The number of carboxylic acid groups (broad SMARTS) is 1. The number of carbonyl (C=O) groups is 3. The monoisotopic (exact) mass is 230 g/mol. The molecule has 1 unspecified atom stereocenters. The van der Waals surface area contributed by atoms with Crippen molar-refractivity contribution in [2.24, 2.45) is 5.41 Å². The van der Waals surface area contributed by atoms with Crippen LogP contribution in [0.25, 0.3) is 0 Å². The fourth-order valence-corrected chi connectivity index (χ4v) is 1.88. The molecule has 0 aromatic carbocycles. The molecule has 0 aliphatic heterocycles. The highest BCUT2D eigenvalue weighted by Gasteiger charge is 2.66. The lowest BCUT2D eigenvalue weighted by Crippen LogP contribution is -2.66.